The summed E-state index contributed by atoms with van der Waals surface area (Å²) in [7, 11) is 0.899. The fourth-order valence-corrected chi connectivity index (χ4v) is 9.46. The van der Waals surface area contributed by atoms with Crippen LogP contribution in [0.1, 0.15) is 55.4 Å². The molecule has 0 atom stereocenters. The number of aromatic nitrogens is 1. The summed E-state index contributed by atoms with van der Waals surface area (Å²) in [5.41, 5.74) is 20.3. The van der Waals surface area contributed by atoms with Crippen molar-refractivity contribution in [2.24, 2.45) is 0 Å². The molecule has 2 aliphatic carbocycles. The number of aryl methyl sites for hydroxylation is 2. The average Bonchev–Trinajstić information content (AvgIpc) is 3.45. The van der Waals surface area contributed by atoms with Gasteiger partial charge in [-0.3, -0.25) is 0 Å². The third-order valence-corrected chi connectivity index (χ3v) is 11.8. The number of hydrogen-bond acceptors (Lipinski definition) is 1. The maximum absolute atomic E-state index is 3.94. The Balaban J connectivity index is 1.36. The number of aromatic amines is 1. The lowest BCUT2D eigenvalue weighted by molar-refractivity contribution is 0.654. The van der Waals surface area contributed by atoms with Crippen LogP contribution in [-0.4, -0.2) is 12.3 Å². The fraction of sp³-hybridized carbons (Fsp3) is 0.174. The molecule has 3 heteroatoms. The van der Waals surface area contributed by atoms with E-state index in [4.69, 9.17) is 0 Å². The van der Waals surface area contributed by atoms with Gasteiger partial charge in [0.2, 0.25) is 0 Å². The summed E-state index contributed by atoms with van der Waals surface area (Å²) in [4.78, 5) is 6.59. The molecule has 236 valence electrons. The van der Waals surface area contributed by atoms with E-state index in [1.54, 1.807) is 5.57 Å². The van der Waals surface area contributed by atoms with Crippen LogP contribution in [0.2, 0.25) is 0 Å². The lowest BCUT2D eigenvalue weighted by Crippen LogP contribution is -2.42. The second-order valence-electron chi connectivity index (χ2n) is 14.9. The Morgan fingerprint density at radius 1 is 0.755 bits per heavy atom. The Hall–Kier alpha value is -5.28. The largest absolute Gasteiger partial charge is 0.354 e. The number of fused-ring (bicyclic) bond motifs is 10. The minimum absolute atomic E-state index is 0.108. The first-order valence-corrected chi connectivity index (χ1v) is 17.9. The van der Waals surface area contributed by atoms with Crippen molar-refractivity contribution in [1.82, 2.24) is 4.98 Å². The molecule has 0 bridgehead atoms. The van der Waals surface area contributed by atoms with E-state index in [-0.39, 0.29) is 5.41 Å². The summed E-state index contributed by atoms with van der Waals surface area (Å²) in [6.07, 6.45) is 8.30. The zero-order chi connectivity index (χ0) is 33.0. The number of benzene rings is 6. The molecule has 1 N–H and O–H groups in total. The summed E-state index contributed by atoms with van der Waals surface area (Å²) < 4.78 is 0. The van der Waals surface area contributed by atoms with Crippen molar-refractivity contribution in [3.63, 3.8) is 0 Å². The van der Waals surface area contributed by atoms with Gasteiger partial charge in [0, 0.05) is 49.9 Å². The van der Waals surface area contributed by atoms with E-state index in [1.165, 1.54) is 106 Å². The van der Waals surface area contributed by atoms with E-state index in [2.05, 4.69) is 153 Å². The highest BCUT2D eigenvalue weighted by Crippen LogP contribution is 2.56. The van der Waals surface area contributed by atoms with Gasteiger partial charge >= 0.3 is 0 Å². The summed E-state index contributed by atoms with van der Waals surface area (Å²) in [6.45, 7) is 9.47. The van der Waals surface area contributed by atoms with Crippen molar-refractivity contribution in [2.75, 3.05) is 4.90 Å². The van der Waals surface area contributed by atoms with Crippen LogP contribution in [0.25, 0.3) is 49.3 Å². The minimum Gasteiger partial charge on any atom is -0.354 e. The van der Waals surface area contributed by atoms with Gasteiger partial charge in [-0.05, 0) is 101 Å². The Morgan fingerprint density at radius 3 is 2.45 bits per heavy atom. The van der Waals surface area contributed by atoms with E-state index in [0.29, 0.717) is 0 Å². The van der Waals surface area contributed by atoms with Crippen LogP contribution in [0.5, 0.6) is 0 Å². The molecule has 7 aromatic rings. The highest BCUT2D eigenvalue weighted by Gasteiger charge is 2.43. The lowest BCUT2D eigenvalue weighted by Gasteiger charge is -2.39. The SMILES string of the molecule is Cc1ccccc1N1c2c(C)cccc2Bc2c(-c3cccc4c3[nH]c3ccc5ccccc5c34)cc3c(c21)C1=C(C=CCCC1)C3(C)C. The molecule has 6 aromatic carbocycles. The number of H-pyrrole nitrogens is 1. The van der Waals surface area contributed by atoms with Crippen molar-refractivity contribution in [1.29, 1.82) is 0 Å². The number of rotatable bonds is 2. The molecule has 10 rings (SSSR count). The summed E-state index contributed by atoms with van der Waals surface area (Å²) >= 11 is 0. The zero-order valence-electron chi connectivity index (χ0n) is 28.7. The lowest BCUT2D eigenvalue weighted by atomic mass is 9.56. The molecule has 0 amide bonds. The predicted octanol–water partition coefficient (Wildman–Crippen LogP) is 10.7. The van der Waals surface area contributed by atoms with Crippen LogP contribution in [0, 0.1) is 13.8 Å². The smallest absolute Gasteiger partial charge is 0.198 e. The highest BCUT2D eigenvalue weighted by atomic mass is 15.2. The summed E-state index contributed by atoms with van der Waals surface area (Å²) in [5, 5.41) is 5.18. The van der Waals surface area contributed by atoms with Crippen molar-refractivity contribution in [3.05, 3.63) is 143 Å². The first kappa shape index (κ1) is 28.7. The molecular weight excluding hydrogens is 591 g/mol. The molecule has 0 saturated heterocycles. The van der Waals surface area contributed by atoms with Gasteiger partial charge in [0.15, 0.2) is 7.28 Å². The summed E-state index contributed by atoms with van der Waals surface area (Å²) in [6, 6.07) is 38.7. The van der Waals surface area contributed by atoms with Gasteiger partial charge in [-0.2, -0.15) is 0 Å². The van der Waals surface area contributed by atoms with Gasteiger partial charge in [0.05, 0.1) is 5.52 Å². The fourth-order valence-electron chi connectivity index (χ4n) is 9.46. The Bertz CT molecular complexity index is 2610. The molecule has 0 spiro atoms. The zero-order valence-corrected chi connectivity index (χ0v) is 28.7. The van der Waals surface area contributed by atoms with Crippen molar-refractivity contribution >= 4 is 73.4 Å². The third-order valence-electron chi connectivity index (χ3n) is 11.8. The molecule has 1 aliphatic heterocycles. The van der Waals surface area contributed by atoms with Crippen molar-refractivity contribution in [2.45, 2.75) is 52.4 Å². The van der Waals surface area contributed by atoms with Crippen molar-refractivity contribution < 1.29 is 0 Å². The molecule has 2 nitrogen and oxygen atoms in total. The van der Waals surface area contributed by atoms with Gasteiger partial charge in [0.1, 0.15) is 0 Å². The molecule has 49 heavy (non-hydrogen) atoms. The Kier molecular flexibility index (Phi) is 6.07. The van der Waals surface area contributed by atoms with Crippen LogP contribution >= 0.6 is 0 Å². The van der Waals surface area contributed by atoms with E-state index in [0.717, 1.165) is 20.1 Å². The Labute approximate surface area is 289 Å². The normalized spacial score (nSPS) is 16.0. The second-order valence-corrected chi connectivity index (χ2v) is 14.9. The molecule has 0 fully saturated rings. The van der Waals surface area contributed by atoms with Gasteiger partial charge < -0.3 is 9.88 Å². The van der Waals surface area contributed by atoms with Crippen LogP contribution in [0.3, 0.4) is 0 Å². The minimum atomic E-state index is -0.108. The van der Waals surface area contributed by atoms with Gasteiger partial charge in [-0.1, -0.05) is 116 Å². The molecular formula is C46H39BN2. The molecule has 3 aliphatic rings. The van der Waals surface area contributed by atoms with Crippen LogP contribution < -0.4 is 15.8 Å². The van der Waals surface area contributed by atoms with Gasteiger partial charge in [0.25, 0.3) is 0 Å². The number of hydrogen-bond donors (Lipinski definition) is 1. The third kappa shape index (κ3) is 3.96. The molecule has 0 radical (unpaired) electrons. The maximum Gasteiger partial charge on any atom is 0.198 e. The number of anilines is 3. The van der Waals surface area contributed by atoms with E-state index in [9.17, 15) is 0 Å². The van der Waals surface area contributed by atoms with Crippen LogP contribution in [0.4, 0.5) is 17.1 Å². The quantitative estimate of drug-likeness (QED) is 0.188. The van der Waals surface area contributed by atoms with Gasteiger partial charge in [-0.15, -0.1) is 0 Å². The Morgan fingerprint density at radius 2 is 1.55 bits per heavy atom. The highest BCUT2D eigenvalue weighted by molar-refractivity contribution is 6.73. The van der Waals surface area contributed by atoms with Crippen LogP contribution in [-0.2, 0) is 5.41 Å². The van der Waals surface area contributed by atoms with Gasteiger partial charge in [-0.25, -0.2) is 0 Å². The second kappa shape index (κ2) is 10.4. The van der Waals surface area contributed by atoms with E-state index >= 15 is 0 Å². The summed E-state index contributed by atoms with van der Waals surface area (Å²) in [5.74, 6) is 0. The predicted molar refractivity (Wildman–Crippen MR) is 212 cm³/mol. The number of nitrogens with one attached hydrogen (secondary N) is 1. The first-order valence-electron chi connectivity index (χ1n) is 17.9. The van der Waals surface area contributed by atoms with E-state index in [1.807, 2.05) is 0 Å². The average molecular weight is 631 g/mol. The van der Waals surface area contributed by atoms with Crippen molar-refractivity contribution in [3.8, 4) is 11.1 Å². The number of para-hydroxylation sites is 3. The molecule has 1 aromatic heterocycles. The maximum atomic E-state index is 3.94. The molecule has 2 heterocycles. The monoisotopic (exact) mass is 630 g/mol. The molecule has 0 unspecified atom stereocenters. The topological polar surface area (TPSA) is 19.0 Å². The first-order chi connectivity index (χ1) is 23.9. The standard InChI is InChI=1S/C46H39BN2/c1-27-14-8-11-23-39(27)49-44-28(2)15-12-22-37(44)47-42-34(26-36-41(45(42)49)32-18-6-5-7-21-35(32)46(36,3)4)31-19-13-20-33-40-30-17-10-9-16-29(30)24-25-38(40)48-43(31)33/h7-17,19-26,47-48H,5-6,18H2,1-4H3. The molecule has 0 saturated carbocycles. The van der Waals surface area contributed by atoms with E-state index < -0.39 is 0 Å². The number of allylic oxidation sites excluding steroid dienone is 4. The van der Waals surface area contributed by atoms with Crippen LogP contribution in [0.15, 0.2) is 121 Å². The number of nitrogens with zero attached hydrogens (tertiary/aromatic N) is 1.